The lowest BCUT2D eigenvalue weighted by molar-refractivity contribution is -0.0601. The molecule has 2 aliphatic heterocycles. The number of H-pyrrole nitrogens is 1. The van der Waals surface area contributed by atoms with Crippen LogP contribution in [0.1, 0.15) is 60.6 Å². The van der Waals surface area contributed by atoms with Crippen LogP contribution in [0.5, 0.6) is 0 Å². The highest BCUT2D eigenvalue weighted by molar-refractivity contribution is 7.90. The van der Waals surface area contributed by atoms with Crippen LogP contribution in [0.2, 0.25) is 0 Å². The summed E-state index contributed by atoms with van der Waals surface area (Å²) in [4.78, 5) is 22.0. The summed E-state index contributed by atoms with van der Waals surface area (Å²) in [6.07, 6.45) is 5.85. The predicted octanol–water partition coefficient (Wildman–Crippen LogP) is 4.15. The van der Waals surface area contributed by atoms with Crippen LogP contribution in [0.4, 0.5) is 4.79 Å². The van der Waals surface area contributed by atoms with Gasteiger partial charge < -0.3 is 9.80 Å². The Kier molecular flexibility index (Phi) is 5.06. The second kappa shape index (κ2) is 8.15. The Morgan fingerprint density at radius 1 is 0.946 bits per heavy atom. The van der Waals surface area contributed by atoms with Gasteiger partial charge in [0.25, 0.3) is 0 Å². The van der Waals surface area contributed by atoms with Gasteiger partial charge in [0.05, 0.1) is 4.90 Å². The lowest BCUT2D eigenvalue weighted by Crippen LogP contribution is -2.67. The van der Waals surface area contributed by atoms with Crippen LogP contribution in [-0.4, -0.2) is 71.9 Å². The Morgan fingerprint density at radius 2 is 1.65 bits per heavy atom. The third-order valence-electron chi connectivity index (χ3n) is 8.66. The normalized spacial score (nSPS) is 21.4. The molecule has 2 amide bonds. The minimum absolute atomic E-state index is 0.151. The predicted molar refractivity (Wildman–Crippen MR) is 139 cm³/mol. The third kappa shape index (κ3) is 4.04. The Labute approximate surface area is 217 Å². The molecule has 2 aliphatic carbocycles. The van der Waals surface area contributed by atoms with Crippen LogP contribution in [-0.2, 0) is 9.84 Å². The molecule has 9 heteroatoms. The van der Waals surface area contributed by atoms with Gasteiger partial charge in [-0.25, -0.2) is 18.2 Å². The fraction of sp³-hybridized carbons (Fsp3) is 0.464. The highest BCUT2D eigenvalue weighted by Crippen LogP contribution is 2.56. The fourth-order valence-corrected chi connectivity index (χ4v) is 7.25. The monoisotopic (exact) mass is 517 g/mol. The van der Waals surface area contributed by atoms with Crippen LogP contribution in [0.3, 0.4) is 0 Å². The Balaban J connectivity index is 0.914. The van der Waals surface area contributed by atoms with E-state index in [-0.39, 0.29) is 11.4 Å². The number of likely N-dealkylation sites (tertiary alicyclic amines) is 2. The van der Waals surface area contributed by atoms with Gasteiger partial charge in [-0.05, 0) is 42.9 Å². The van der Waals surface area contributed by atoms with Crippen molar-refractivity contribution >= 4 is 15.9 Å². The summed E-state index contributed by atoms with van der Waals surface area (Å²) in [5, 5.41) is 7.57. The molecule has 4 fully saturated rings. The number of benzene rings is 2. The van der Waals surface area contributed by atoms with Crippen molar-refractivity contribution < 1.29 is 13.2 Å². The van der Waals surface area contributed by atoms with E-state index in [0.717, 1.165) is 61.8 Å². The number of carbonyl (C=O) groups is 1. The van der Waals surface area contributed by atoms with Gasteiger partial charge >= 0.3 is 6.03 Å². The van der Waals surface area contributed by atoms with Crippen molar-refractivity contribution in [1.82, 2.24) is 25.0 Å². The van der Waals surface area contributed by atoms with E-state index in [1.807, 2.05) is 34.1 Å². The van der Waals surface area contributed by atoms with Gasteiger partial charge in [0, 0.05) is 61.2 Å². The topological polar surface area (TPSA) is 99.3 Å². The zero-order valence-electron chi connectivity index (χ0n) is 20.9. The van der Waals surface area contributed by atoms with Crippen molar-refractivity contribution in [2.24, 2.45) is 5.41 Å². The zero-order chi connectivity index (χ0) is 25.4. The van der Waals surface area contributed by atoms with Gasteiger partial charge in [0.15, 0.2) is 15.7 Å². The zero-order valence-corrected chi connectivity index (χ0v) is 21.7. The SMILES string of the molecule is CS(=O)(=O)c1ccccc1-c1ccc(C2CN(C(=O)N3CC4(CC(c5n[nH]c(C6CC6)n5)C4)C3)C2)cc1. The highest BCUT2D eigenvalue weighted by Gasteiger charge is 2.56. The van der Waals surface area contributed by atoms with Gasteiger partial charge in [-0.15, -0.1) is 0 Å². The molecule has 3 aromatic rings. The largest absolute Gasteiger partial charge is 0.323 e. The van der Waals surface area contributed by atoms with Crippen LogP contribution >= 0.6 is 0 Å². The lowest BCUT2D eigenvalue weighted by Gasteiger charge is -2.59. The molecule has 2 aromatic carbocycles. The van der Waals surface area contributed by atoms with Crippen LogP contribution in [0, 0.1) is 5.41 Å². The van der Waals surface area contributed by atoms with E-state index in [0.29, 0.717) is 22.6 Å². The molecule has 0 radical (unpaired) electrons. The first kappa shape index (κ1) is 23.0. The average Bonchev–Trinajstić information content (AvgIpc) is 3.54. The maximum atomic E-state index is 13.0. The molecular formula is C28H31N5O3S. The Hall–Kier alpha value is -3.20. The maximum absolute atomic E-state index is 13.0. The van der Waals surface area contributed by atoms with Gasteiger partial charge in [-0.3, -0.25) is 5.10 Å². The number of aromatic amines is 1. The standard InChI is InChI=1S/C28H31N5O3S/c1-37(35,36)24-5-3-2-4-23(24)19-8-6-18(7-9-19)22-14-32(15-22)27(34)33-16-28(17-33)12-21(13-28)26-29-25(30-31-26)20-10-11-20/h2-9,20-22H,10-17H2,1H3,(H,29,30,31). The van der Waals surface area contributed by atoms with Crippen molar-refractivity contribution in [2.45, 2.75) is 48.3 Å². The van der Waals surface area contributed by atoms with Crippen molar-refractivity contribution in [1.29, 1.82) is 0 Å². The maximum Gasteiger partial charge on any atom is 0.320 e. The molecule has 1 spiro atoms. The van der Waals surface area contributed by atoms with E-state index in [4.69, 9.17) is 4.98 Å². The molecule has 7 rings (SSSR count). The van der Waals surface area contributed by atoms with E-state index < -0.39 is 9.84 Å². The summed E-state index contributed by atoms with van der Waals surface area (Å²) in [5.74, 6) is 3.37. The van der Waals surface area contributed by atoms with E-state index in [9.17, 15) is 13.2 Å². The first-order valence-electron chi connectivity index (χ1n) is 13.1. The van der Waals surface area contributed by atoms with E-state index >= 15 is 0 Å². The summed E-state index contributed by atoms with van der Waals surface area (Å²) in [6, 6.07) is 15.3. The molecule has 1 N–H and O–H groups in total. The molecule has 8 nitrogen and oxygen atoms in total. The number of amides is 2. The molecule has 192 valence electrons. The Bertz CT molecular complexity index is 1460. The second-order valence-electron chi connectivity index (χ2n) is 11.6. The van der Waals surface area contributed by atoms with E-state index in [2.05, 4.69) is 22.3 Å². The van der Waals surface area contributed by atoms with Gasteiger partial charge in [0.2, 0.25) is 0 Å². The lowest BCUT2D eigenvalue weighted by atomic mass is 9.57. The molecule has 0 bridgehead atoms. The first-order valence-corrected chi connectivity index (χ1v) is 15.0. The number of urea groups is 1. The summed E-state index contributed by atoms with van der Waals surface area (Å²) in [7, 11) is -3.30. The minimum Gasteiger partial charge on any atom is -0.323 e. The number of aromatic nitrogens is 3. The highest BCUT2D eigenvalue weighted by atomic mass is 32.2. The van der Waals surface area contributed by atoms with Crippen molar-refractivity contribution in [3.63, 3.8) is 0 Å². The summed E-state index contributed by atoms with van der Waals surface area (Å²) < 4.78 is 24.3. The minimum atomic E-state index is -3.30. The molecule has 0 unspecified atom stereocenters. The Morgan fingerprint density at radius 3 is 2.32 bits per heavy atom. The first-order chi connectivity index (χ1) is 17.8. The molecular weight excluding hydrogens is 486 g/mol. The fourth-order valence-electron chi connectivity index (χ4n) is 6.34. The number of nitrogens with zero attached hydrogens (tertiary/aromatic N) is 4. The van der Waals surface area contributed by atoms with Crippen LogP contribution in [0.15, 0.2) is 53.4 Å². The quantitative estimate of drug-likeness (QED) is 0.548. The average molecular weight is 518 g/mol. The van der Waals surface area contributed by atoms with Gasteiger partial charge in [0.1, 0.15) is 5.82 Å². The number of carbonyl (C=O) groups excluding carboxylic acids is 1. The molecule has 1 aromatic heterocycles. The number of nitrogens with one attached hydrogen (secondary N) is 1. The molecule has 2 saturated heterocycles. The molecule has 4 aliphatic rings. The second-order valence-corrected chi connectivity index (χ2v) is 13.6. The van der Waals surface area contributed by atoms with E-state index in [1.54, 1.807) is 12.1 Å². The van der Waals surface area contributed by atoms with Crippen molar-refractivity contribution in [3.8, 4) is 11.1 Å². The molecule has 37 heavy (non-hydrogen) atoms. The van der Waals surface area contributed by atoms with Gasteiger partial charge in [-0.1, -0.05) is 42.5 Å². The van der Waals surface area contributed by atoms with Crippen molar-refractivity contribution in [3.05, 3.63) is 65.7 Å². The number of rotatable bonds is 5. The van der Waals surface area contributed by atoms with Gasteiger partial charge in [-0.2, -0.15) is 5.10 Å². The number of sulfone groups is 1. The van der Waals surface area contributed by atoms with E-state index in [1.165, 1.54) is 24.7 Å². The summed E-state index contributed by atoms with van der Waals surface area (Å²) >= 11 is 0. The van der Waals surface area contributed by atoms with Crippen LogP contribution < -0.4 is 0 Å². The molecule has 2 saturated carbocycles. The van der Waals surface area contributed by atoms with Crippen LogP contribution in [0.25, 0.3) is 11.1 Å². The summed E-state index contributed by atoms with van der Waals surface area (Å²) in [6.45, 7) is 3.15. The van der Waals surface area contributed by atoms with Crippen molar-refractivity contribution in [2.75, 3.05) is 32.4 Å². The third-order valence-corrected chi connectivity index (χ3v) is 9.82. The summed E-state index contributed by atoms with van der Waals surface area (Å²) in [5.41, 5.74) is 3.06. The molecule has 3 heterocycles. The molecule has 0 atom stereocenters. The number of hydrogen-bond donors (Lipinski definition) is 1. The number of hydrogen-bond acceptors (Lipinski definition) is 5. The smallest absolute Gasteiger partial charge is 0.320 e.